The normalized spacial score (nSPS) is 23.1. The molecule has 2 atom stereocenters. The summed E-state index contributed by atoms with van der Waals surface area (Å²) in [5.41, 5.74) is 2.78. The van der Waals surface area contributed by atoms with E-state index in [2.05, 4.69) is 55.3 Å². The summed E-state index contributed by atoms with van der Waals surface area (Å²) >= 11 is 0. The van der Waals surface area contributed by atoms with E-state index in [1.807, 2.05) is 24.3 Å². The maximum absolute atomic E-state index is 13.5. The van der Waals surface area contributed by atoms with Crippen molar-refractivity contribution < 1.29 is 9.53 Å². The lowest BCUT2D eigenvalue weighted by Gasteiger charge is -2.36. The third kappa shape index (κ3) is 5.97. The minimum atomic E-state index is -0.427. The summed E-state index contributed by atoms with van der Waals surface area (Å²) in [4.78, 5) is 16.0. The zero-order valence-electron chi connectivity index (χ0n) is 20.6. The highest BCUT2D eigenvalue weighted by molar-refractivity contribution is 5.99. The fourth-order valence-electron chi connectivity index (χ4n) is 5.83. The molecule has 1 aliphatic heterocycles. The molecule has 1 saturated carbocycles. The highest BCUT2D eigenvalue weighted by atomic mass is 16.5. The van der Waals surface area contributed by atoms with Gasteiger partial charge in [0.1, 0.15) is 12.4 Å². The van der Waals surface area contributed by atoms with Crippen LogP contribution in [0.5, 0.6) is 5.75 Å². The van der Waals surface area contributed by atoms with Crippen molar-refractivity contribution in [3.8, 4) is 5.75 Å². The largest absolute Gasteiger partial charge is 0.492 e. The Bertz CT molecular complexity index is 890. The number of aryl methyl sites for hydroxylation is 1. The zero-order chi connectivity index (χ0) is 23.3. The average Bonchev–Trinajstić information content (AvgIpc) is 2.80. The van der Waals surface area contributed by atoms with Gasteiger partial charge in [-0.25, -0.2) is 0 Å². The molecule has 4 heteroatoms. The second-order valence-corrected chi connectivity index (χ2v) is 10.5. The predicted molar refractivity (Wildman–Crippen MR) is 136 cm³/mol. The summed E-state index contributed by atoms with van der Waals surface area (Å²) in [5, 5.41) is 3.21. The summed E-state index contributed by atoms with van der Waals surface area (Å²) in [6.07, 6.45) is 6.57. The van der Waals surface area contributed by atoms with Crippen molar-refractivity contribution in [1.82, 2.24) is 4.90 Å². The van der Waals surface area contributed by atoms with Crippen molar-refractivity contribution in [1.29, 1.82) is 0 Å². The number of rotatable bonds is 7. The van der Waals surface area contributed by atoms with Crippen LogP contribution in [0.25, 0.3) is 0 Å². The molecule has 1 heterocycles. The summed E-state index contributed by atoms with van der Waals surface area (Å²) in [6.45, 7) is 10.8. The van der Waals surface area contributed by atoms with Crippen molar-refractivity contribution >= 4 is 11.6 Å². The van der Waals surface area contributed by atoms with Crippen molar-refractivity contribution in [2.75, 3.05) is 31.6 Å². The fourth-order valence-corrected chi connectivity index (χ4v) is 5.83. The minimum absolute atomic E-state index is 0.119. The predicted octanol–water partition coefficient (Wildman–Crippen LogP) is 6.19. The molecule has 178 valence electrons. The molecule has 1 amide bonds. The van der Waals surface area contributed by atoms with E-state index in [-0.39, 0.29) is 5.91 Å². The summed E-state index contributed by atoms with van der Waals surface area (Å²) in [5.74, 6) is 2.51. The molecule has 1 saturated heterocycles. The molecule has 2 fully saturated rings. The Hall–Kier alpha value is -2.33. The van der Waals surface area contributed by atoms with E-state index in [1.54, 1.807) is 0 Å². The first kappa shape index (κ1) is 23.8. The van der Waals surface area contributed by atoms with Gasteiger partial charge in [-0.2, -0.15) is 0 Å². The van der Waals surface area contributed by atoms with Gasteiger partial charge in [-0.3, -0.25) is 9.69 Å². The van der Waals surface area contributed by atoms with Crippen molar-refractivity contribution in [2.24, 2.45) is 11.8 Å². The lowest BCUT2D eigenvalue weighted by Crippen LogP contribution is -2.42. The maximum atomic E-state index is 13.5. The van der Waals surface area contributed by atoms with Gasteiger partial charge in [-0.1, -0.05) is 62.9 Å². The lowest BCUT2D eigenvalue weighted by atomic mass is 9.68. The number of benzene rings is 2. The number of anilines is 1. The molecule has 1 N–H and O–H groups in total. The molecular weight excluding hydrogens is 408 g/mol. The first-order valence-electron chi connectivity index (χ1n) is 12.8. The molecule has 1 aliphatic carbocycles. The van der Waals surface area contributed by atoms with Crippen LogP contribution in [0.2, 0.25) is 0 Å². The van der Waals surface area contributed by atoms with Gasteiger partial charge in [0, 0.05) is 25.3 Å². The highest BCUT2D eigenvalue weighted by Gasteiger charge is 2.41. The van der Waals surface area contributed by atoms with E-state index in [1.165, 1.54) is 31.5 Å². The quantitative estimate of drug-likeness (QED) is 0.549. The van der Waals surface area contributed by atoms with E-state index in [0.717, 1.165) is 61.1 Å². The molecule has 4 nitrogen and oxygen atoms in total. The van der Waals surface area contributed by atoms with Crippen LogP contribution < -0.4 is 10.1 Å². The van der Waals surface area contributed by atoms with Crippen molar-refractivity contribution in [3.05, 3.63) is 59.7 Å². The Labute approximate surface area is 199 Å². The number of piperidine rings is 1. The Morgan fingerprint density at radius 1 is 0.970 bits per heavy atom. The summed E-state index contributed by atoms with van der Waals surface area (Å²) in [7, 11) is 0. The average molecular weight is 449 g/mol. The molecule has 0 unspecified atom stereocenters. The number of nitrogens with zero attached hydrogens (tertiary/aromatic N) is 1. The Kier molecular flexibility index (Phi) is 7.75. The van der Waals surface area contributed by atoms with Gasteiger partial charge in [-0.15, -0.1) is 0 Å². The van der Waals surface area contributed by atoms with Gasteiger partial charge in [-0.05, 0) is 67.9 Å². The van der Waals surface area contributed by atoms with Crippen LogP contribution in [-0.2, 0) is 10.2 Å². The lowest BCUT2D eigenvalue weighted by molar-refractivity contribution is -0.122. The van der Waals surface area contributed by atoms with Gasteiger partial charge in [0.05, 0.1) is 5.41 Å². The van der Waals surface area contributed by atoms with E-state index in [4.69, 9.17) is 4.74 Å². The number of ether oxygens (including phenoxy) is 1. The standard InChI is InChI=1S/C29H40N2O2/c1-22-7-9-25(10-8-22)29(15-5-4-6-16-29)28(32)30-26-11-13-27(14-12-26)33-18-17-31-20-23(2)19-24(3)21-31/h7-14,23-24H,4-6,15-21H2,1-3H3,(H,30,32)/t23-,24+. The number of amides is 1. The number of carbonyl (C=O) groups excluding carboxylic acids is 1. The highest BCUT2D eigenvalue weighted by Crippen LogP contribution is 2.40. The molecule has 0 aromatic heterocycles. The van der Waals surface area contributed by atoms with E-state index < -0.39 is 5.41 Å². The Morgan fingerprint density at radius 3 is 2.24 bits per heavy atom. The number of nitrogens with one attached hydrogen (secondary N) is 1. The molecule has 0 radical (unpaired) electrons. The van der Waals surface area contributed by atoms with E-state index >= 15 is 0 Å². The molecular formula is C29H40N2O2. The van der Waals surface area contributed by atoms with E-state index in [9.17, 15) is 4.79 Å². The minimum Gasteiger partial charge on any atom is -0.492 e. The first-order valence-corrected chi connectivity index (χ1v) is 12.8. The number of likely N-dealkylation sites (tertiary alicyclic amines) is 1. The number of hydrogen-bond acceptors (Lipinski definition) is 3. The molecule has 2 aliphatic rings. The van der Waals surface area contributed by atoms with Crippen molar-refractivity contribution in [2.45, 2.75) is 64.7 Å². The molecule has 2 aromatic rings. The third-order valence-corrected chi connectivity index (χ3v) is 7.48. The van der Waals surface area contributed by atoms with Crippen LogP contribution in [0.3, 0.4) is 0 Å². The second-order valence-electron chi connectivity index (χ2n) is 10.5. The van der Waals surface area contributed by atoms with Crippen LogP contribution in [0.1, 0.15) is 63.5 Å². The fraction of sp³-hybridized carbons (Fsp3) is 0.552. The van der Waals surface area contributed by atoms with Crippen LogP contribution in [0.15, 0.2) is 48.5 Å². The smallest absolute Gasteiger partial charge is 0.235 e. The first-order chi connectivity index (χ1) is 15.9. The Balaban J connectivity index is 1.34. The van der Waals surface area contributed by atoms with Gasteiger partial charge in [0.2, 0.25) is 5.91 Å². The van der Waals surface area contributed by atoms with Crippen LogP contribution >= 0.6 is 0 Å². The number of hydrogen-bond donors (Lipinski definition) is 1. The van der Waals surface area contributed by atoms with Crippen LogP contribution in [0, 0.1) is 18.8 Å². The SMILES string of the molecule is Cc1ccc(C2(C(=O)Nc3ccc(OCCN4C[C@H](C)C[C@H](C)C4)cc3)CCCCC2)cc1. The van der Waals surface area contributed by atoms with Gasteiger partial charge in [0.15, 0.2) is 0 Å². The third-order valence-electron chi connectivity index (χ3n) is 7.48. The summed E-state index contributed by atoms with van der Waals surface area (Å²) in [6, 6.07) is 16.4. The zero-order valence-corrected chi connectivity index (χ0v) is 20.6. The van der Waals surface area contributed by atoms with Gasteiger partial charge in [0.25, 0.3) is 0 Å². The molecule has 0 bridgehead atoms. The monoisotopic (exact) mass is 448 g/mol. The maximum Gasteiger partial charge on any atom is 0.235 e. The number of carbonyl (C=O) groups is 1. The topological polar surface area (TPSA) is 41.6 Å². The molecule has 33 heavy (non-hydrogen) atoms. The summed E-state index contributed by atoms with van der Waals surface area (Å²) < 4.78 is 6.00. The van der Waals surface area contributed by atoms with E-state index in [0.29, 0.717) is 6.61 Å². The molecule has 4 rings (SSSR count). The van der Waals surface area contributed by atoms with Crippen LogP contribution in [-0.4, -0.2) is 37.0 Å². The van der Waals surface area contributed by atoms with Crippen LogP contribution in [0.4, 0.5) is 5.69 Å². The molecule has 0 spiro atoms. The van der Waals surface area contributed by atoms with Gasteiger partial charge >= 0.3 is 0 Å². The van der Waals surface area contributed by atoms with Gasteiger partial charge < -0.3 is 10.1 Å². The molecule has 2 aromatic carbocycles. The Morgan fingerprint density at radius 2 is 1.61 bits per heavy atom. The second kappa shape index (κ2) is 10.7. The van der Waals surface area contributed by atoms with Crippen molar-refractivity contribution in [3.63, 3.8) is 0 Å².